The van der Waals surface area contributed by atoms with E-state index in [0.29, 0.717) is 0 Å². The van der Waals surface area contributed by atoms with Crippen molar-refractivity contribution in [2.24, 2.45) is 0 Å². The Morgan fingerprint density at radius 3 is 0.750 bits per heavy atom. The zero-order valence-corrected chi connectivity index (χ0v) is 17.0. The predicted molar refractivity (Wildman–Crippen MR) is 72.1 cm³/mol. The second kappa shape index (κ2) is 64.2. The first-order chi connectivity index (χ1) is 3.00. The van der Waals surface area contributed by atoms with Crippen molar-refractivity contribution in [1.29, 1.82) is 0 Å². The summed E-state index contributed by atoms with van der Waals surface area (Å²) in [5, 5.41) is 0. The Balaban J connectivity index is -0.00000000242. The molecule has 0 aromatic heterocycles. The molecular weight excluding hydrogens is 495 g/mol. The first kappa shape index (κ1) is 96.2. The molecule has 0 unspecified atom stereocenters. The van der Waals surface area contributed by atoms with E-state index in [4.69, 9.17) is 17.5 Å². The van der Waals surface area contributed by atoms with E-state index in [9.17, 15) is 0 Å². The molecule has 2 radical (unpaired) electrons. The Hall–Kier alpha value is 3.00. The maximum absolute atomic E-state index is 8.74. The molecule has 0 saturated heterocycles. The third-order valence-electron chi connectivity index (χ3n) is 0. The van der Waals surface area contributed by atoms with Crippen LogP contribution in [0.4, 0.5) is 0 Å². The second-order valence-electron chi connectivity index (χ2n) is 0.448. The van der Waals surface area contributed by atoms with Gasteiger partial charge in [-0.15, -0.1) is 0 Å². The quantitative estimate of drug-likeness (QED) is 0.122. The second-order valence-corrected chi connectivity index (χ2v) is 1.34. The number of hydrogen-bond acceptors (Lipinski definition) is 6. The Kier molecular flexibility index (Phi) is 386. The summed E-state index contributed by atoms with van der Waals surface area (Å²) in [6.07, 6.45) is 0. The Bertz CT molecular complexity index is 118. The summed E-state index contributed by atoms with van der Waals surface area (Å²) in [5.74, 6) is 0. The summed E-state index contributed by atoms with van der Waals surface area (Å²) in [4.78, 5) is 0. The molecule has 0 aliphatic rings. The van der Waals surface area contributed by atoms with Gasteiger partial charge in [-0.1, -0.05) is 0 Å². The van der Waals surface area contributed by atoms with Crippen LogP contribution in [0.1, 0.15) is 0 Å². The maximum atomic E-state index is 8.74. The van der Waals surface area contributed by atoms with Crippen LogP contribution >= 0.6 is 0 Å². The van der Waals surface area contributed by atoms with Crippen molar-refractivity contribution in [3.05, 3.63) is 29.7 Å². The third-order valence-corrected chi connectivity index (χ3v) is 0. The molecule has 0 aromatic carbocycles. The zero-order valence-electron chi connectivity index (χ0n) is 8.84. The van der Waals surface area contributed by atoms with Crippen molar-refractivity contribution >= 4 is 60.7 Å². The van der Waals surface area contributed by atoms with Gasteiger partial charge in [-0.25, -0.2) is 0 Å². The number of rotatable bonds is 0. The van der Waals surface area contributed by atoms with Crippen molar-refractivity contribution in [2.75, 3.05) is 0 Å². The minimum atomic E-state index is -4.67. The van der Waals surface area contributed by atoms with E-state index in [1.807, 2.05) is 0 Å². The molecule has 0 amide bonds. The van der Waals surface area contributed by atoms with Gasteiger partial charge in [0.1, 0.15) is 0 Å². The van der Waals surface area contributed by atoms with Crippen molar-refractivity contribution in [3.63, 3.8) is 0 Å². The van der Waals surface area contributed by atoms with Gasteiger partial charge in [0.25, 0.3) is 0 Å². The molecule has 4 nitrogen and oxygen atoms in total. The van der Waals surface area contributed by atoms with E-state index >= 15 is 0 Å². The van der Waals surface area contributed by atoms with E-state index in [1.54, 1.807) is 0 Å². The molecular formula is C4H16Cu2MoO4S5-8. The van der Waals surface area contributed by atoms with Gasteiger partial charge in [0.05, 0.1) is 0 Å². The molecule has 0 aliphatic heterocycles. The Morgan fingerprint density at radius 1 is 0.750 bits per heavy atom. The van der Waals surface area contributed by atoms with Gasteiger partial charge in [0.2, 0.25) is 0 Å². The fourth-order valence-corrected chi connectivity index (χ4v) is 0. The third kappa shape index (κ3) is 484. The summed E-state index contributed by atoms with van der Waals surface area (Å²) < 4.78 is 31.6. The Morgan fingerprint density at radius 2 is 0.750 bits per heavy atom. The van der Waals surface area contributed by atoms with E-state index in [0.717, 1.165) is 0 Å². The fourth-order valence-electron chi connectivity index (χ4n) is 0. The van der Waals surface area contributed by atoms with Crippen LogP contribution in [0, 0.1) is 29.7 Å². The molecule has 0 aliphatic carbocycles. The monoisotopic (exact) mass is 512 g/mol. The van der Waals surface area contributed by atoms with Crippen LogP contribution in [-0.2, 0) is 116 Å². The van der Waals surface area contributed by atoms with Crippen molar-refractivity contribution < 1.29 is 72.7 Å². The molecule has 2 N–H and O–H groups in total. The van der Waals surface area contributed by atoms with Gasteiger partial charge in [0.15, 0.2) is 0 Å². The number of hydrogen-bond donors (Lipinski definition) is 2. The summed E-state index contributed by atoms with van der Waals surface area (Å²) in [6.45, 7) is 0. The van der Waals surface area contributed by atoms with Gasteiger partial charge in [-0.3, -0.25) is 9.11 Å². The first-order valence-electron chi connectivity index (χ1n) is 0.865. The Labute approximate surface area is 161 Å². The van der Waals surface area contributed by atoms with E-state index in [-0.39, 0.29) is 112 Å². The van der Waals surface area contributed by atoms with Crippen molar-refractivity contribution in [3.8, 4) is 0 Å². The van der Waals surface area contributed by atoms with Gasteiger partial charge in [-0.2, -0.15) is 8.42 Å². The summed E-state index contributed by atoms with van der Waals surface area (Å²) in [5.41, 5.74) is 0. The zero-order chi connectivity index (χ0) is 6.50. The standard InChI is InChI=1S/4CH3.2Cu.Mo.H2O4S.S2.2H2S/c;;;;;;;1-5(2,3)4;1-2;;/h4*1H3;;;;(H2,1,2,3,4);;2*1H2/q4*-1;;;;;-2;;/p-2. The van der Waals surface area contributed by atoms with Crippen LogP contribution in [0.25, 0.3) is 0 Å². The van der Waals surface area contributed by atoms with Crippen LogP contribution in [0.5, 0.6) is 0 Å². The molecule has 0 heterocycles. The van der Waals surface area contributed by atoms with E-state index in [2.05, 4.69) is 23.3 Å². The van der Waals surface area contributed by atoms with Gasteiger partial charge >= 0.3 is 10.4 Å². The molecule has 0 fully saturated rings. The predicted octanol–water partition coefficient (Wildman–Crippen LogP) is 0.596. The molecule has 0 bridgehead atoms. The van der Waals surface area contributed by atoms with Gasteiger partial charge in [0, 0.05) is 55.2 Å². The van der Waals surface area contributed by atoms with Gasteiger partial charge in [-0.05, 0) is 0 Å². The summed E-state index contributed by atoms with van der Waals surface area (Å²) in [6, 6.07) is 0. The molecule has 0 spiro atoms. The fraction of sp³-hybridized carbons (Fsp3) is 0. The molecule has 0 rings (SSSR count). The van der Waals surface area contributed by atoms with E-state index in [1.165, 1.54) is 0 Å². The van der Waals surface area contributed by atoms with Crippen LogP contribution in [0.15, 0.2) is 0 Å². The van der Waals surface area contributed by atoms with Gasteiger partial charge < -0.3 is 80.0 Å². The molecule has 122 valence electrons. The van der Waals surface area contributed by atoms with Crippen molar-refractivity contribution in [1.82, 2.24) is 0 Å². The van der Waals surface area contributed by atoms with Crippen LogP contribution in [0.2, 0.25) is 0 Å². The largest absolute Gasteiger partial charge is 1.00 e. The van der Waals surface area contributed by atoms with Crippen LogP contribution in [0.3, 0.4) is 0 Å². The van der Waals surface area contributed by atoms with Crippen LogP contribution in [-0.4, -0.2) is 17.5 Å². The summed E-state index contributed by atoms with van der Waals surface area (Å²) in [7, 11) is -4.67. The smallest absolute Gasteiger partial charge is 0.394 e. The SMILES string of the molecule is O=S(=O)(O)O.[CH3-].[CH3-].[CH3-].[CH3-].[Cu].[Cu].[Mo].[S-][S-].[SH-].[SH-]. The normalized spacial score (nSPS) is 4.00. The average molecular weight is 512 g/mol. The molecule has 0 atom stereocenters. The van der Waals surface area contributed by atoms with Crippen LogP contribution < -0.4 is 0 Å². The number of thiol groups is 2. The molecule has 12 heteroatoms. The average Bonchev–Trinajstić information content (AvgIpc) is 1.36. The molecule has 0 saturated carbocycles. The topological polar surface area (TPSA) is 74.6 Å². The molecule has 16 heavy (non-hydrogen) atoms. The maximum Gasteiger partial charge on any atom is 0.394 e. The minimum absolute atomic E-state index is 0. The molecule has 0 aromatic rings. The first-order valence-corrected chi connectivity index (χ1v) is 3.60. The minimum Gasteiger partial charge on any atom is -1.00 e. The van der Waals surface area contributed by atoms with E-state index < -0.39 is 10.4 Å². The summed E-state index contributed by atoms with van der Waals surface area (Å²) >= 11 is 7.33. The van der Waals surface area contributed by atoms with Crippen molar-refractivity contribution in [2.45, 2.75) is 0 Å².